The minimum Gasteiger partial charge on any atom is -0.456 e. The van der Waals surface area contributed by atoms with Crippen LogP contribution in [-0.2, 0) is 34.3 Å². The molecule has 59 heavy (non-hydrogen) atoms. The van der Waals surface area contributed by atoms with Gasteiger partial charge in [-0.25, -0.2) is 4.79 Å². The number of aliphatic hydroxyl groups excluding tert-OH is 1. The maximum atomic E-state index is 14.6. The summed E-state index contributed by atoms with van der Waals surface area (Å²) in [6, 6.07) is 26.3. The van der Waals surface area contributed by atoms with Crippen molar-refractivity contribution >= 4 is 23.9 Å². The van der Waals surface area contributed by atoms with Crippen molar-refractivity contribution in [2.45, 2.75) is 114 Å². The lowest BCUT2D eigenvalue weighted by atomic mass is 9.52. The van der Waals surface area contributed by atoms with Crippen LogP contribution in [0.1, 0.15) is 99.2 Å². The first-order valence-electron chi connectivity index (χ1n) is 21.5. The van der Waals surface area contributed by atoms with Crippen LogP contribution in [0.3, 0.4) is 0 Å². The number of aliphatic hydroxyl groups is 1. The highest BCUT2D eigenvalue weighted by molar-refractivity contribution is 5.98. The lowest BCUT2D eigenvalue weighted by molar-refractivity contribution is -0.157. The molecule has 8 atom stereocenters. The van der Waals surface area contributed by atoms with E-state index in [-0.39, 0.29) is 48.5 Å². The first kappa shape index (κ1) is 39.8. The van der Waals surface area contributed by atoms with Crippen molar-refractivity contribution in [2.75, 3.05) is 19.7 Å². The summed E-state index contributed by atoms with van der Waals surface area (Å²) in [7, 11) is 0. The van der Waals surface area contributed by atoms with E-state index in [1.165, 1.54) is 5.57 Å². The molecule has 0 radical (unpaired) electrons. The number of rotatable bonds is 9. The van der Waals surface area contributed by atoms with Crippen LogP contribution in [-0.4, -0.2) is 83.5 Å². The van der Waals surface area contributed by atoms with Crippen LogP contribution < -0.4 is 5.32 Å². The molecule has 6 aliphatic rings. The molecule has 3 aromatic rings. The minimum absolute atomic E-state index is 0.0213. The number of hydrogen-bond donors (Lipinski definition) is 2. The van der Waals surface area contributed by atoms with Gasteiger partial charge in [0.05, 0.1) is 23.9 Å². The number of esters is 1. The first-order valence-corrected chi connectivity index (χ1v) is 21.5. The highest BCUT2D eigenvalue weighted by Gasteiger charge is 2.57. The summed E-state index contributed by atoms with van der Waals surface area (Å²) in [4.78, 5) is 43.8. The zero-order valence-electron chi connectivity index (χ0n) is 34.3. The lowest BCUT2D eigenvalue weighted by Gasteiger charge is -2.53. The highest BCUT2D eigenvalue weighted by atomic mass is 16.8. The van der Waals surface area contributed by atoms with Crippen molar-refractivity contribution in [3.8, 4) is 0 Å². The maximum Gasteiger partial charge on any atom is 0.339 e. The molecular weight excluding hydrogens is 745 g/mol. The van der Waals surface area contributed by atoms with Crippen LogP contribution in [0, 0.1) is 17.3 Å². The van der Waals surface area contributed by atoms with Gasteiger partial charge in [-0.1, -0.05) is 104 Å². The molecule has 10 nitrogen and oxygen atoms in total. The Bertz CT molecular complexity index is 2090. The van der Waals surface area contributed by atoms with Crippen LogP contribution in [0.25, 0.3) is 6.08 Å². The Hall–Kier alpha value is -4.61. The van der Waals surface area contributed by atoms with Crippen molar-refractivity contribution in [2.24, 2.45) is 17.3 Å². The average Bonchev–Trinajstić information content (AvgIpc) is 3.54. The summed E-state index contributed by atoms with van der Waals surface area (Å²) in [5.41, 5.74) is 4.82. The van der Waals surface area contributed by atoms with E-state index in [0.717, 1.165) is 48.8 Å². The van der Waals surface area contributed by atoms with Gasteiger partial charge in [-0.05, 0) is 86.8 Å². The lowest BCUT2D eigenvalue weighted by Crippen LogP contribution is -2.49. The summed E-state index contributed by atoms with van der Waals surface area (Å²) in [6.07, 6.45) is 8.41. The van der Waals surface area contributed by atoms with Crippen molar-refractivity contribution in [1.29, 1.82) is 0 Å². The number of epoxide rings is 1. The number of allylic oxidation sites excluding steroid dienone is 1. The van der Waals surface area contributed by atoms with Gasteiger partial charge in [-0.2, -0.15) is 0 Å². The molecule has 1 unspecified atom stereocenters. The topological polar surface area (TPSA) is 127 Å². The molecule has 3 aliphatic carbocycles. The predicted octanol–water partition coefficient (Wildman–Crippen LogP) is 7.10. The van der Waals surface area contributed by atoms with Crippen molar-refractivity contribution in [3.63, 3.8) is 0 Å². The van der Waals surface area contributed by atoms with Gasteiger partial charge in [0.25, 0.3) is 0 Å². The van der Waals surface area contributed by atoms with Crippen LogP contribution in [0.5, 0.6) is 0 Å². The number of nitrogens with zero attached hydrogens (tertiary/aromatic N) is 1. The Morgan fingerprint density at radius 1 is 0.898 bits per heavy atom. The molecule has 5 fully saturated rings. The van der Waals surface area contributed by atoms with Gasteiger partial charge in [0.15, 0.2) is 0 Å². The van der Waals surface area contributed by atoms with Gasteiger partial charge >= 0.3 is 5.97 Å². The van der Waals surface area contributed by atoms with Gasteiger partial charge in [0, 0.05) is 36.2 Å². The molecule has 3 aliphatic heterocycles. The van der Waals surface area contributed by atoms with Crippen LogP contribution >= 0.6 is 0 Å². The van der Waals surface area contributed by atoms with Crippen molar-refractivity contribution in [3.05, 3.63) is 124 Å². The van der Waals surface area contributed by atoms with E-state index in [2.05, 4.69) is 32.2 Å². The number of nitrogens with one attached hydrogen (secondary N) is 1. The highest BCUT2D eigenvalue weighted by Crippen LogP contribution is 2.60. The van der Waals surface area contributed by atoms with E-state index in [1.807, 2.05) is 84.9 Å². The second kappa shape index (κ2) is 15.8. The largest absolute Gasteiger partial charge is 0.456 e. The normalized spacial score (nSPS) is 32.2. The third-order valence-electron chi connectivity index (χ3n) is 14.1. The fraction of sp³-hybridized carbons (Fsp3) is 0.490. The van der Waals surface area contributed by atoms with Gasteiger partial charge in [0.1, 0.15) is 24.4 Å². The van der Waals surface area contributed by atoms with E-state index in [9.17, 15) is 19.5 Å². The number of carbonyl (C=O) groups excluding carboxylic acids is 3. The van der Waals surface area contributed by atoms with E-state index in [4.69, 9.17) is 18.9 Å². The van der Waals surface area contributed by atoms with Gasteiger partial charge in [-0.3, -0.25) is 9.59 Å². The molecule has 0 bridgehead atoms. The van der Waals surface area contributed by atoms with E-state index < -0.39 is 36.1 Å². The predicted molar refractivity (Wildman–Crippen MR) is 222 cm³/mol. The summed E-state index contributed by atoms with van der Waals surface area (Å²) in [6.45, 7) is 7.34. The molecule has 2 N–H and O–H groups in total. The minimum atomic E-state index is -1.34. The Morgan fingerprint density at radius 3 is 2.32 bits per heavy atom. The summed E-state index contributed by atoms with van der Waals surface area (Å²) >= 11 is 0. The van der Waals surface area contributed by atoms with Crippen LogP contribution in [0.2, 0.25) is 0 Å². The number of fused-ring (bicyclic) bond motifs is 3. The van der Waals surface area contributed by atoms with Gasteiger partial charge in [-0.15, -0.1) is 0 Å². The van der Waals surface area contributed by atoms with E-state index in [0.29, 0.717) is 42.4 Å². The zero-order chi connectivity index (χ0) is 40.9. The third kappa shape index (κ3) is 7.47. The van der Waals surface area contributed by atoms with Crippen LogP contribution in [0.4, 0.5) is 0 Å². The molecule has 2 amide bonds. The average molecular weight is 801 g/mol. The molecule has 10 heteroatoms. The number of benzene rings is 3. The first-order chi connectivity index (χ1) is 28.5. The molecule has 0 spiro atoms. The van der Waals surface area contributed by atoms with Crippen molar-refractivity contribution in [1.82, 2.24) is 10.2 Å². The molecule has 9 rings (SSSR count). The maximum absolute atomic E-state index is 14.6. The van der Waals surface area contributed by atoms with Crippen LogP contribution in [0.15, 0.2) is 102 Å². The molecule has 3 saturated heterocycles. The number of amides is 2. The molecule has 3 heterocycles. The number of ether oxygens (including phenoxy) is 4. The monoisotopic (exact) mass is 800 g/mol. The summed E-state index contributed by atoms with van der Waals surface area (Å²) in [5, 5.41) is 12.1. The second-order valence-electron chi connectivity index (χ2n) is 18.2. The fourth-order valence-corrected chi connectivity index (χ4v) is 10.8. The molecular formula is C49H56N2O8. The van der Waals surface area contributed by atoms with Crippen molar-refractivity contribution < 1.29 is 38.4 Å². The third-order valence-corrected chi connectivity index (χ3v) is 14.1. The molecule has 310 valence electrons. The smallest absolute Gasteiger partial charge is 0.339 e. The van der Waals surface area contributed by atoms with E-state index >= 15 is 0 Å². The summed E-state index contributed by atoms with van der Waals surface area (Å²) in [5.74, 6) is -1.42. The number of carbonyl (C=O) groups is 3. The molecule has 2 saturated carbocycles. The Labute approximate surface area is 346 Å². The fourth-order valence-electron chi connectivity index (χ4n) is 10.8. The Balaban J connectivity index is 1.04. The Morgan fingerprint density at radius 2 is 1.61 bits per heavy atom. The number of likely N-dealkylation sites (tertiary alicyclic amines) is 1. The number of hydrogen-bond acceptors (Lipinski definition) is 8. The zero-order valence-corrected chi connectivity index (χ0v) is 34.3. The Kier molecular flexibility index (Phi) is 10.6. The quantitative estimate of drug-likeness (QED) is 0.173. The van der Waals surface area contributed by atoms with Gasteiger partial charge in [0.2, 0.25) is 17.6 Å². The molecule has 3 aromatic carbocycles. The van der Waals surface area contributed by atoms with E-state index in [1.54, 1.807) is 11.0 Å². The van der Waals surface area contributed by atoms with Gasteiger partial charge < -0.3 is 34.3 Å². The second-order valence-corrected chi connectivity index (χ2v) is 18.2. The standard InChI is InChI=1S/C49H56N2O8/c1-47(2)30-37-32(20-21-42-48(3,58-42)23-22-38(37)47)27-31-13-10-11-18-36(31)46(55)56-40-28-33(45(54)51-25-12-19-39(51)44(53)50-24-26-52)29-41-43(40)59-49(57-41,34-14-6-4-7-15-34)35-16-8-5-9-17-35/h4-11,13-18,27,29,37-43,52H,12,19-26,28,30H2,1-3H3,(H,50,53)/t37-,38-,39-,40-,41-,42?,43+,48-/m1/s1. The molecule has 0 aromatic heterocycles. The SMILES string of the molecule is CC1(C)C[C@@H]2C(=Cc3ccccc3C(=O)O[C@@H]3CC(C(=O)N4CCC[C@@H]4C(=O)NCCO)=C[C@H]4OC(c5ccccc5)(c5ccccc5)O[C@H]43)CCC3O[C@]3(C)CC[C@H]21. The summed E-state index contributed by atoms with van der Waals surface area (Å²) < 4.78 is 26.7.